The van der Waals surface area contributed by atoms with Crippen LogP contribution in [0.15, 0.2) is 43.1 Å². The molecule has 0 radical (unpaired) electrons. The van der Waals surface area contributed by atoms with Gasteiger partial charge in [-0.3, -0.25) is 4.79 Å². The second-order valence-corrected chi connectivity index (χ2v) is 7.93. The van der Waals surface area contributed by atoms with Crippen LogP contribution in [0.25, 0.3) is 6.08 Å². The molecule has 1 aromatic carbocycles. The van der Waals surface area contributed by atoms with Gasteiger partial charge < -0.3 is 14.8 Å². The van der Waals surface area contributed by atoms with Crippen LogP contribution in [0.1, 0.15) is 24.1 Å². The number of benzene rings is 1. The number of rotatable bonds is 10. The van der Waals surface area contributed by atoms with Crippen LogP contribution in [0.2, 0.25) is 5.02 Å². The Morgan fingerprint density at radius 3 is 3.03 bits per heavy atom. The first-order valence-corrected chi connectivity index (χ1v) is 10.3. The molecule has 1 heterocycles. The second kappa shape index (κ2) is 10.1. The van der Waals surface area contributed by atoms with E-state index < -0.39 is 0 Å². The number of aromatic nitrogens is 1. The van der Waals surface area contributed by atoms with Gasteiger partial charge in [-0.25, -0.2) is 4.98 Å². The molecule has 29 heavy (non-hydrogen) atoms. The third-order valence-corrected chi connectivity index (χ3v) is 5.21. The predicted molar refractivity (Wildman–Crippen MR) is 113 cm³/mol. The SMILES string of the molecule is C=C[C@@H](/C=C/c1cnc(Oc2ccc(OCC3CC3)cc2Cl)s1)NC(=O)CC#N. The van der Waals surface area contributed by atoms with Gasteiger partial charge in [0, 0.05) is 12.3 Å². The number of hydrogen-bond acceptors (Lipinski definition) is 6. The maximum atomic E-state index is 11.5. The molecule has 6 nitrogen and oxygen atoms in total. The molecule has 2 aromatic rings. The molecular weight excluding hydrogens is 410 g/mol. The van der Waals surface area contributed by atoms with E-state index in [1.807, 2.05) is 6.07 Å². The molecule has 1 aliphatic rings. The van der Waals surface area contributed by atoms with Crippen molar-refractivity contribution in [1.82, 2.24) is 10.3 Å². The topological polar surface area (TPSA) is 84.2 Å². The highest BCUT2D eigenvalue weighted by Gasteiger charge is 2.22. The number of nitriles is 1. The van der Waals surface area contributed by atoms with Crippen LogP contribution in [0.5, 0.6) is 16.7 Å². The van der Waals surface area contributed by atoms with E-state index in [1.165, 1.54) is 24.2 Å². The van der Waals surface area contributed by atoms with Crippen LogP contribution in [0.3, 0.4) is 0 Å². The summed E-state index contributed by atoms with van der Waals surface area (Å²) in [5, 5.41) is 12.1. The van der Waals surface area contributed by atoms with Crippen molar-refractivity contribution < 1.29 is 14.3 Å². The number of amides is 1. The lowest BCUT2D eigenvalue weighted by atomic mass is 10.2. The molecule has 0 saturated heterocycles. The first kappa shape index (κ1) is 20.9. The highest BCUT2D eigenvalue weighted by atomic mass is 35.5. The molecule has 0 bridgehead atoms. The smallest absolute Gasteiger partial charge is 0.279 e. The van der Waals surface area contributed by atoms with E-state index in [2.05, 4.69) is 16.9 Å². The lowest BCUT2D eigenvalue weighted by Gasteiger charge is -2.08. The quantitative estimate of drug-likeness (QED) is 0.538. The number of thiazole rings is 1. The second-order valence-electron chi connectivity index (χ2n) is 6.50. The minimum Gasteiger partial charge on any atom is -0.493 e. The third kappa shape index (κ3) is 6.63. The standard InChI is InChI=1S/C21H20ClN3O3S/c1-2-15(25-20(26)9-10-23)5-7-17-12-24-21(29-17)28-19-8-6-16(11-18(19)22)27-13-14-3-4-14/h2,5-8,11-12,14-15H,1,3-4,9,13H2,(H,25,26)/b7-5+/t15-/m0/s1. The van der Waals surface area contributed by atoms with Gasteiger partial charge in [0.25, 0.3) is 5.19 Å². The Kier molecular flexibility index (Phi) is 7.28. The third-order valence-electron chi connectivity index (χ3n) is 4.07. The van der Waals surface area contributed by atoms with Crippen molar-refractivity contribution in [3.8, 4) is 22.8 Å². The lowest BCUT2D eigenvalue weighted by Crippen LogP contribution is -2.31. The number of hydrogen-bond donors (Lipinski definition) is 1. The van der Waals surface area contributed by atoms with Crippen LogP contribution < -0.4 is 14.8 Å². The normalized spacial score (nSPS) is 14.2. The van der Waals surface area contributed by atoms with Crippen molar-refractivity contribution in [3.63, 3.8) is 0 Å². The van der Waals surface area contributed by atoms with E-state index in [9.17, 15) is 4.79 Å². The van der Waals surface area contributed by atoms with Crippen LogP contribution >= 0.6 is 22.9 Å². The molecule has 0 aliphatic heterocycles. The summed E-state index contributed by atoms with van der Waals surface area (Å²) in [4.78, 5) is 16.6. The summed E-state index contributed by atoms with van der Waals surface area (Å²) >= 11 is 7.63. The zero-order valence-electron chi connectivity index (χ0n) is 15.6. The van der Waals surface area contributed by atoms with E-state index in [0.717, 1.165) is 17.2 Å². The Hall–Kier alpha value is -2.82. The largest absolute Gasteiger partial charge is 0.493 e. The van der Waals surface area contributed by atoms with Crippen molar-refractivity contribution in [1.29, 1.82) is 5.26 Å². The van der Waals surface area contributed by atoms with E-state index in [1.54, 1.807) is 42.6 Å². The molecule has 1 amide bonds. The van der Waals surface area contributed by atoms with Gasteiger partial charge in [0.05, 0.1) is 28.6 Å². The van der Waals surface area contributed by atoms with E-state index in [4.69, 9.17) is 26.3 Å². The van der Waals surface area contributed by atoms with Crippen molar-refractivity contribution in [2.75, 3.05) is 6.61 Å². The van der Waals surface area contributed by atoms with Crippen LogP contribution in [-0.2, 0) is 4.79 Å². The summed E-state index contributed by atoms with van der Waals surface area (Å²) in [7, 11) is 0. The fraction of sp³-hybridized carbons (Fsp3) is 0.286. The summed E-state index contributed by atoms with van der Waals surface area (Å²) in [6.45, 7) is 4.40. The molecule has 150 valence electrons. The van der Waals surface area contributed by atoms with Gasteiger partial charge in [0.15, 0.2) is 0 Å². The summed E-state index contributed by atoms with van der Waals surface area (Å²) in [5.74, 6) is 1.55. The lowest BCUT2D eigenvalue weighted by molar-refractivity contribution is -0.120. The highest BCUT2D eigenvalue weighted by molar-refractivity contribution is 7.14. The molecule has 0 spiro atoms. The number of carbonyl (C=O) groups excluding carboxylic acids is 1. The highest BCUT2D eigenvalue weighted by Crippen LogP contribution is 2.35. The summed E-state index contributed by atoms with van der Waals surface area (Å²) in [6.07, 6.45) is 9.08. The van der Waals surface area contributed by atoms with E-state index in [0.29, 0.717) is 21.9 Å². The number of nitrogens with one attached hydrogen (secondary N) is 1. The number of halogens is 1. The minimum atomic E-state index is -0.375. The van der Waals surface area contributed by atoms with Gasteiger partial charge in [-0.2, -0.15) is 5.26 Å². The molecule has 1 atom stereocenters. The molecule has 1 aromatic heterocycles. The van der Waals surface area contributed by atoms with Crippen LogP contribution in [0, 0.1) is 17.2 Å². The Balaban J connectivity index is 1.57. The zero-order valence-corrected chi connectivity index (χ0v) is 17.2. The summed E-state index contributed by atoms with van der Waals surface area (Å²) < 4.78 is 11.5. The molecule has 8 heteroatoms. The Labute approximate surface area is 178 Å². The molecule has 1 fully saturated rings. The van der Waals surface area contributed by atoms with Gasteiger partial charge in [-0.1, -0.05) is 35.1 Å². The average molecular weight is 430 g/mol. The summed E-state index contributed by atoms with van der Waals surface area (Å²) in [5.41, 5.74) is 0. The molecular formula is C21H20ClN3O3S. The van der Waals surface area contributed by atoms with E-state index in [-0.39, 0.29) is 18.4 Å². The monoisotopic (exact) mass is 429 g/mol. The first-order chi connectivity index (χ1) is 14.1. The van der Waals surface area contributed by atoms with Crippen molar-refractivity contribution in [2.24, 2.45) is 5.92 Å². The van der Waals surface area contributed by atoms with Crippen LogP contribution in [-0.4, -0.2) is 23.5 Å². The molecule has 1 aliphatic carbocycles. The number of nitrogens with zero attached hydrogens (tertiary/aromatic N) is 2. The zero-order chi connectivity index (χ0) is 20.6. The number of carbonyl (C=O) groups is 1. The van der Waals surface area contributed by atoms with Crippen LogP contribution in [0.4, 0.5) is 0 Å². The Morgan fingerprint density at radius 1 is 1.52 bits per heavy atom. The number of ether oxygens (including phenoxy) is 2. The fourth-order valence-corrected chi connectivity index (χ4v) is 3.23. The summed E-state index contributed by atoms with van der Waals surface area (Å²) in [6, 6.07) is 6.77. The molecule has 3 rings (SSSR count). The van der Waals surface area contributed by atoms with Gasteiger partial charge in [0.1, 0.15) is 17.9 Å². The maximum absolute atomic E-state index is 11.5. The van der Waals surface area contributed by atoms with Crippen molar-refractivity contribution in [3.05, 3.63) is 53.0 Å². The van der Waals surface area contributed by atoms with Crippen molar-refractivity contribution in [2.45, 2.75) is 25.3 Å². The van der Waals surface area contributed by atoms with Crippen molar-refractivity contribution >= 4 is 34.9 Å². The first-order valence-electron chi connectivity index (χ1n) is 9.10. The maximum Gasteiger partial charge on any atom is 0.279 e. The predicted octanol–water partition coefficient (Wildman–Crippen LogP) is 4.98. The fourth-order valence-electron chi connectivity index (χ4n) is 2.33. The Bertz CT molecular complexity index is 947. The minimum absolute atomic E-state index is 0.193. The molecule has 1 saturated carbocycles. The molecule has 1 N–H and O–H groups in total. The average Bonchev–Trinajstić information content (AvgIpc) is 3.43. The van der Waals surface area contributed by atoms with Gasteiger partial charge in [0.2, 0.25) is 5.91 Å². The van der Waals surface area contributed by atoms with Gasteiger partial charge in [-0.15, -0.1) is 6.58 Å². The Morgan fingerprint density at radius 2 is 2.34 bits per heavy atom. The van der Waals surface area contributed by atoms with E-state index >= 15 is 0 Å². The van der Waals surface area contributed by atoms with Gasteiger partial charge in [-0.05, 0) is 37.0 Å². The molecule has 0 unspecified atom stereocenters. The van der Waals surface area contributed by atoms with Gasteiger partial charge >= 0.3 is 0 Å².